The lowest BCUT2D eigenvalue weighted by molar-refractivity contribution is 0.586. The van der Waals surface area contributed by atoms with Gasteiger partial charge in [-0.05, 0) is 13.0 Å². The molecule has 18 heavy (non-hydrogen) atoms. The minimum Gasteiger partial charge on any atom is -0.353 e. The molecule has 3 rings (SSSR count). The lowest BCUT2D eigenvalue weighted by Gasteiger charge is -2.27. The van der Waals surface area contributed by atoms with Crippen LogP contribution in [0.25, 0.3) is 10.6 Å². The van der Waals surface area contributed by atoms with Gasteiger partial charge in [0.25, 0.3) is 0 Å². The maximum atomic E-state index is 4.76. The fourth-order valence-corrected chi connectivity index (χ4v) is 3.04. The Labute approximate surface area is 111 Å². The highest BCUT2D eigenvalue weighted by atomic mass is 32.1. The van der Waals surface area contributed by atoms with Crippen LogP contribution < -0.4 is 10.2 Å². The quantitative estimate of drug-likeness (QED) is 0.898. The summed E-state index contributed by atoms with van der Waals surface area (Å²) in [7, 11) is 0. The van der Waals surface area contributed by atoms with Crippen molar-refractivity contribution in [2.45, 2.75) is 6.92 Å². The van der Waals surface area contributed by atoms with Gasteiger partial charge in [0, 0.05) is 37.1 Å². The second kappa shape index (κ2) is 5.08. The summed E-state index contributed by atoms with van der Waals surface area (Å²) in [6.45, 7) is 6.33. The third kappa shape index (κ3) is 2.40. The molecule has 2 heterocycles. The lowest BCUT2D eigenvalue weighted by atomic mass is 10.1. The number of benzene rings is 1. The minimum absolute atomic E-state index is 1.05. The third-order valence-electron chi connectivity index (χ3n) is 3.20. The number of aryl methyl sites for hydroxylation is 1. The van der Waals surface area contributed by atoms with Crippen LogP contribution in [0.3, 0.4) is 0 Å². The van der Waals surface area contributed by atoms with E-state index in [1.807, 2.05) is 0 Å². The molecule has 0 unspecified atom stereocenters. The molecule has 0 atom stereocenters. The van der Waals surface area contributed by atoms with Crippen LogP contribution in [0.15, 0.2) is 29.6 Å². The first-order valence-electron chi connectivity index (χ1n) is 6.31. The summed E-state index contributed by atoms with van der Waals surface area (Å²) in [6.07, 6.45) is 0. The molecule has 4 heteroatoms. The number of thiazole rings is 1. The van der Waals surface area contributed by atoms with Crippen LogP contribution in [0.2, 0.25) is 0 Å². The summed E-state index contributed by atoms with van der Waals surface area (Å²) < 4.78 is 0. The zero-order chi connectivity index (χ0) is 12.4. The van der Waals surface area contributed by atoms with Gasteiger partial charge in [-0.3, -0.25) is 0 Å². The molecule has 1 fully saturated rings. The van der Waals surface area contributed by atoms with Gasteiger partial charge in [0.05, 0.1) is 0 Å². The number of hydrogen-bond acceptors (Lipinski definition) is 4. The fourth-order valence-electron chi connectivity index (χ4n) is 2.22. The van der Waals surface area contributed by atoms with E-state index in [1.54, 1.807) is 11.3 Å². The Morgan fingerprint density at radius 3 is 2.89 bits per heavy atom. The Morgan fingerprint density at radius 1 is 1.28 bits per heavy atom. The van der Waals surface area contributed by atoms with Gasteiger partial charge in [0.2, 0.25) is 0 Å². The highest BCUT2D eigenvalue weighted by molar-refractivity contribution is 7.13. The summed E-state index contributed by atoms with van der Waals surface area (Å²) >= 11 is 1.73. The van der Waals surface area contributed by atoms with E-state index in [0.717, 1.165) is 37.0 Å². The normalized spacial score (nSPS) is 15.9. The number of anilines is 1. The maximum Gasteiger partial charge on any atom is 0.140 e. The van der Waals surface area contributed by atoms with Crippen molar-refractivity contribution in [3.05, 3.63) is 35.2 Å². The largest absolute Gasteiger partial charge is 0.353 e. The van der Waals surface area contributed by atoms with Crippen molar-refractivity contribution >= 4 is 17.2 Å². The van der Waals surface area contributed by atoms with Gasteiger partial charge in [0.1, 0.15) is 10.8 Å². The molecule has 1 aliphatic rings. The minimum atomic E-state index is 1.05. The summed E-state index contributed by atoms with van der Waals surface area (Å²) in [5, 5.41) is 6.65. The molecule has 1 saturated heterocycles. The van der Waals surface area contributed by atoms with Crippen LogP contribution in [-0.4, -0.2) is 31.2 Å². The topological polar surface area (TPSA) is 28.2 Å². The molecule has 1 aliphatic heterocycles. The van der Waals surface area contributed by atoms with E-state index in [1.165, 1.54) is 11.1 Å². The predicted molar refractivity (Wildman–Crippen MR) is 77.4 cm³/mol. The van der Waals surface area contributed by atoms with E-state index in [-0.39, 0.29) is 0 Å². The predicted octanol–water partition coefficient (Wildman–Crippen LogP) is 2.53. The molecular formula is C14H17N3S. The first-order valence-corrected chi connectivity index (χ1v) is 7.19. The molecule has 0 bridgehead atoms. The van der Waals surface area contributed by atoms with E-state index in [2.05, 4.69) is 46.8 Å². The van der Waals surface area contributed by atoms with Gasteiger partial charge in [-0.1, -0.05) is 23.8 Å². The SMILES string of the molecule is Cc1cccc(-c2nc(N3CCNCC3)cs2)c1. The average Bonchev–Trinajstić information content (AvgIpc) is 2.89. The molecule has 94 valence electrons. The van der Waals surface area contributed by atoms with E-state index < -0.39 is 0 Å². The zero-order valence-corrected chi connectivity index (χ0v) is 11.3. The van der Waals surface area contributed by atoms with Crippen molar-refractivity contribution in [3.63, 3.8) is 0 Å². The smallest absolute Gasteiger partial charge is 0.140 e. The Bertz CT molecular complexity index is 529. The van der Waals surface area contributed by atoms with Gasteiger partial charge in [-0.15, -0.1) is 11.3 Å². The number of aromatic nitrogens is 1. The van der Waals surface area contributed by atoms with Crippen LogP contribution in [0.5, 0.6) is 0 Å². The molecule has 0 amide bonds. The number of nitrogens with zero attached hydrogens (tertiary/aromatic N) is 2. The number of rotatable bonds is 2. The first kappa shape index (κ1) is 11.7. The van der Waals surface area contributed by atoms with Crippen LogP contribution in [0, 0.1) is 6.92 Å². The zero-order valence-electron chi connectivity index (χ0n) is 10.5. The monoisotopic (exact) mass is 259 g/mol. The van der Waals surface area contributed by atoms with E-state index in [9.17, 15) is 0 Å². The van der Waals surface area contributed by atoms with Gasteiger partial charge in [-0.2, -0.15) is 0 Å². The van der Waals surface area contributed by atoms with Crippen molar-refractivity contribution in [2.75, 3.05) is 31.1 Å². The summed E-state index contributed by atoms with van der Waals surface area (Å²) in [6, 6.07) is 8.54. The molecule has 0 spiro atoms. The number of piperazine rings is 1. The Balaban J connectivity index is 1.84. The molecule has 0 saturated carbocycles. The molecule has 1 aromatic carbocycles. The molecular weight excluding hydrogens is 242 g/mol. The molecule has 3 nitrogen and oxygen atoms in total. The Morgan fingerprint density at radius 2 is 2.11 bits per heavy atom. The third-order valence-corrected chi connectivity index (χ3v) is 4.08. The van der Waals surface area contributed by atoms with Gasteiger partial charge in [0.15, 0.2) is 0 Å². The maximum absolute atomic E-state index is 4.76. The van der Waals surface area contributed by atoms with Crippen molar-refractivity contribution < 1.29 is 0 Å². The van der Waals surface area contributed by atoms with Crippen molar-refractivity contribution in [1.29, 1.82) is 0 Å². The fraction of sp³-hybridized carbons (Fsp3) is 0.357. The van der Waals surface area contributed by atoms with Crippen LogP contribution in [0.1, 0.15) is 5.56 Å². The Hall–Kier alpha value is -1.39. The lowest BCUT2D eigenvalue weighted by Crippen LogP contribution is -2.43. The second-order valence-corrected chi connectivity index (χ2v) is 5.48. The van der Waals surface area contributed by atoms with Gasteiger partial charge < -0.3 is 10.2 Å². The van der Waals surface area contributed by atoms with E-state index in [4.69, 9.17) is 4.98 Å². The van der Waals surface area contributed by atoms with E-state index >= 15 is 0 Å². The van der Waals surface area contributed by atoms with Gasteiger partial charge in [-0.25, -0.2) is 4.98 Å². The highest BCUT2D eigenvalue weighted by Gasteiger charge is 2.14. The Kier molecular flexibility index (Phi) is 3.30. The molecule has 2 aromatic rings. The van der Waals surface area contributed by atoms with Crippen molar-refractivity contribution in [1.82, 2.24) is 10.3 Å². The standard InChI is InChI=1S/C14H17N3S/c1-11-3-2-4-12(9-11)14-16-13(10-18-14)17-7-5-15-6-8-17/h2-4,9-10,15H,5-8H2,1H3. The van der Waals surface area contributed by atoms with Crippen LogP contribution in [-0.2, 0) is 0 Å². The highest BCUT2D eigenvalue weighted by Crippen LogP contribution is 2.28. The average molecular weight is 259 g/mol. The van der Waals surface area contributed by atoms with Crippen molar-refractivity contribution in [2.24, 2.45) is 0 Å². The molecule has 0 radical (unpaired) electrons. The molecule has 1 N–H and O–H groups in total. The number of hydrogen-bond donors (Lipinski definition) is 1. The van der Waals surface area contributed by atoms with Crippen LogP contribution in [0.4, 0.5) is 5.82 Å². The van der Waals surface area contributed by atoms with Crippen molar-refractivity contribution in [3.8, 4) is 10.6 Å². The number of nitrogens with one attached hydrogen (secondary N) is 1. The van der Waals surface area contributed by atoms with Crippen LogP contribution >= 0.6 is 11.3 Å². The summed E-state index contributed by atoms with van der Waals surface area (Å²) in [4.78, 5) is 7.12. The van der Waals surface area contributed by atoms with E-state index in [0.29, 0.717) is 0 Å². The summed E-state index contributed by atoms with van der Waals surface area (Å²) in [5.41, 5.74) is 2.51. The molecule has 0 aliphatic carbocycles. The second-order valence-electron chi connectivity index (χ2n) is 4.62. The molecule has 1 aromatic heterocycles. The summed E-state index contributed by atoms with van der Waals surface area (Å²) in [5.74, 6) is 1.12. The first-order chi connectivity index (χ1) is 8.83. The van der Waals surface area contributed by atoms with Gasteiger partial charge >= 0.3 is 0 Å².